The summed E-state index contributed by atoms with van der Waals surface area (Å²) in [5.41, 5.74) is 0. The maximum atomic E-state index is 13.8. The Morgan fingerprint density at radius 1 is 0.824 bits per heavy atom. The van der Waals surface area contributed by atoms with E-state index in [0.717, 1.165) is 51.9 Å². The van der Waals surface area contributed by atoms with Crippen LogP contribution in [0.3, 0.4) is 0 Å². The van der Waals surface area contributed by atoms with Crippen LogP contribution in [0.5, 0.6) is 0 Å². The second-order valence-corrected chi connectivity index (χ2v) is 12.1. The average Bonchev–Trinajstić information content (AvgIpc) is 3.27. The fourth-order valence-electron chi connectivity index (χ4n) is 7.86. The van der Waals surface area contributed by atoms with Gasteiger partial charge in [0.15, 0.2) is 0 Å². The first-order valence-corrected chi connectivity index (χ1v) is 14.2. The number of β-amino-alcohol motifs (C(OH)–C–C–N with tert-alkyl or cyclic N) is 1. The van der Waals surface area contributed by atoms with E-state index in [0.29, 0.717) is 36.8 Å². The lowest BCUT2D eigenvalue weighted by Gasteiger charge is -2.43. The van der Waals surface area contributed by atoms with Crippen molar-refractivity contribution in [2.45, 2.75) is 108 Å². The molecule has 34 heavy (non-hydrogen) atoms. The molecule has 0 aromatic rings. The van der Waals surface area contributed by atoms with E-state index in [4.69, 9.17) is 4.74 Å². The van der Waals surface area contributed by atoms with Gasteiger partial charge in [0.25, 0.3) is 0 Å². The van der Waals surface area contributed by atoms with Crippen molar-refractivity contribution in [3.63, 3.8) is 0 Å². The van der Waals surface area contributed by atoms with Crippen LogP contribution < -0.4 is 0 Å². The Balaban J connectivity index is 1.24. The van der Waals surface area contributed by atoms with Gasteiger partial charge in [-0.05, 0) is 62.8 Å². The van der Waals surface area contributed by atoms with Gasteiger partial charge in [0.2, 0.25) is 5.91 Å². The second-order valence-electron chi connectivity index (χ2n) is 12.1. The molecule has 5 rings (SSSR count). The topological polar surface area (TPSA) is 93.5 Å². The molecule has 8 atom stereocenters. The molecule has 0 spiro atoms. The van der Waals surface area contributed by atoms with Crippen LogP contribution in [0.2, 0.25) is 0 Å². The van der Waals surface area contributed by atoms with Crippen LogP contribution in [-0.2, 0) is 9.53 Å². The molecular weight excluding hydrogens is 432 g/mol. The molecule has 7 nitrogen and oxygen atoms in total. The van der Waals surface area contributed by atoms with Crippen molar-refractivity contribution in [3.8, 4) is 0 Å². The lowest BCUT2D eigenvalue weighted by Crippen LogP contribution is -2.53. The van der Waals surface area contributed by atoms with Gasteiger partial charge >= 0.3 is 0 Å². The highest BCUT2D eigenvalue weighted by Crippen LogP contribution is 2.41. The van der Waals surface area contributed by atoms with Crippen molar-refractivity contribution in [3.05, 3.63) is 0 Å². The summed E-state index contributed by atoms with van der Waals surface area (Å²) in [5.74, 6) is 0.962. The van der Waals surface area contributed by atoms with Crippen molar-refractivity contribution in [2.75, 3.05) is 32.8 Å². The van der Waals surface area contributed by atoms with Gasteiger partial charge in [-0.2, -0.15) is 0 Å². The molecule has 1 amide bonds. The summed E-state index contributed by atoms with van der Waals surface area (Å²) in [7, 11) is 0. The standard InChI is InChI=1S/C27H46N2O5/c30-20-9-5-11-28(15-20)23-10-4-8-19-14-29(16-22(19)23)27(33)26-24(32)12-21(31)13-25(26)34-17-18-6-2-1-3-7-18/h18-26,30-32H,1-17H2. The number of hydrogen-bond donors (Lipinski definition) is 3. The number of aliphatic hydroxyl groups is 3. The minimum absolute atomic E-state index is 0.0277. The van der Waals surface area contributed by atoms with E-state index in [-0.39, 0.29) is 18.4 Å². The van der Waals surface area contributed by atoms with Gasteiger partial charge in [0, 0.05) is 45.1 Å². The Hall–Kier alpha value is -0.730. The van der Waals surface area contributed by atoms with E-state index in [1.807, 2.05) is 4.90 Å². The molecular formula is C27H46N2O5. The number of aliphatic hydroxyl groups excluding tert-OH is 3. The van der Waals surface area contributed by atoms with Gasteiger partial charge in [-0.25, -0.2) is 0 Å². The minimum Gasteiger partial charge on any atom is -0.393 e. The lowest BCUT2D eigenvalue weighted by atomic mass is 9.77. The molecule has 0 aromatic heterocycles. The summed E-state index contributed by atoms with van der Waals surface area (Å²) in [6, 6.07) is 0.447. The van der Waals surface area contributed by atoms with E-state index in [2.05, 4.69) is 4.90 Å². The van der Waals surface area contributed by atoms with Gasteiger partial charge in [-0.3, -0.25) is 9.69 Å². The Bertz CT molecular complexity index is 686. The molecule has 0 aromatic carbocycles. The van der Waals surface area contributed by atoms with Crippen molar-refractivity contribution >= 4 is 5.91 Å². The largest absolute Gasteiger partial charge is 0.393 e. The van der Waals surface area contributed by atoms with Crippen LogP contribution in [-0.4, -0.2) is 94.3 Å². The SMILES string of the molecule is O=C(C1C(O)CC(O)CC1OCC1CCCCC1)N1CC2CCCC(N3CCCC(O)C3)C2C1. The third-order valence-electron chi connectivity index (χ3n) is 9.66. The van der Waals surface area contributed by atoms with Crippen molar-refractivity contribution in [2.24, 2.45) is 23.7 Å². The van der Waals surface area contributed by atoms with E-state index < -0.39 is 24.2 Å². The summed E-state index contributed by atoms with van der Waals surface area (Å²) < 4.78 is 6.30. The normalized spacial score (nSPS) is 42.5. The zero-order chi connectivity index (χ0) is 23.7. The van der Waals surface area contributed by atoms with Crippen LogP contribution in [0.4, 0.5) is 0 Å². The first kappa shape index (κ1) is 24.9. The molecule has 8 unspecified atom stereocenters. The lowest BCUT2D eigenvalue weighted by molar-refractivity contribution is -0.158. The zero-order valence-electron chi connectivity index (χ0n) is 20.8. The van der Waals surface area contributed by atoms with Crippen molar-refractivity contribution in [1.29, 1.82) is 0 Å². The van der Waals surface area contributed by atoms with Crippen LogP contribution in [0.15, 0.2) is 0 Å². The molecule has 5 fully saturated rings. The van der Waals surface area contributed by atoms with Crippen molar-refractivity contribution in [1.82, 2.24) is 9.80 Å². The molecule has 2 heterocycles. The third kappa shape index (κ3) is 5.49. The molecule has 2 saturated heterocycles. The number of carbonyl (C=O) groups is 1. The van der Waals surface area contributed by atoms with E-state index in [1.54, 1.807) is 0 Å². The van der Waals surface area contributed by atoms with Gasteiger partial charge in [0.05, 0.1) is 30.3 Å². The van der Waals surface area contributed by atoms with Gasteiger partial charge in [-0.1, -0.05) is 25.7 Å². The molecule has 3 saturated carbocycles. The van der Waals surface area contributed by atoms with Gasteiger partial charge in [-0.15, -0.1) is 0 Å². The van der Waals surface area contributed by atoms with E-state index >= 15 is 0 Å². The fraction of sp³-hybridized carbons (Fsp3) is 0.963. The highest BCUT2D eigenvalue weighted by molar-refractivity contribution is 5.80. The number of amides is 1. The highest BCUT2D eigenvalue weighted by atomic mass is 16.5. The predicted octanol–water partition coefficient (Wildman–Crippen LogP) is 2.17. The Morgan fingerprint density at radius 2 is 1.65 bits per heavy atom. The van der Waals surface area contributed by atoms with Crippen LogP contribution in [0.1, 0.15) is 77.0 Å². The quantitative estimate of drug-likeness (QED) is 0.561. The minimum atomic E-state index is -0.844. The molecule has 3 aliphatic carbocycles. The predicted molar refractivity (Wildman–Crippen MR) is 129 cm³/mol. The molecule has 194 valence electrons. The number of hydrogen-bond acceptors (Lipinski definition) is 6. The number of rotatable bonds is 5. The highest BCUT2D eigenvalue weighted by Gasteiger charge is 2.49. The number of nitrogens with zero attached hydrogens (tertiary/aromatic N) is 2. The number of piperidine rings is 1. The Labute approximate surface area is 204 Å². The van der Waals surface area contributed by atoms with Gasteiger partial charge < -0.3 is 25.0 Å². The van der Waals surface area contributed by atoms with Crippen LogP contribution in [0, 0.1) is 23.7 Å². The molecule has 2 aliphatic heterocycles. The molecule has 0 bridgehead atoms. The smallest absolute Gasteiger partial charge is 0.230 e. The summed E-state index contributed by atoms with van der Waals surface area (Å²) in [6.07, 6.45) is 10.2. The summed E-state index contributed by atoms with van der Waals surface area (Å²) in [6.45, 7) is 3.98. The second kappa shape index (κ2) is 11.1. The maximum absolute atomic E-state index is 13.8. The first-order valence-electron chi connectivity index (χ1n) is 14.2. The number of likely N-dealkylation sites (tertiary alicyclic amines) is 2. The fourth-order valence-corrected chi connectivity index (χ4v) is 7.86. The summed E-state index contributed by atoms with van der Waals surface area (Å²) >= 11 is 0. The average molecular weight is 479 g/mol. The number of ether oxygens (including phenoxy) is 1. The number of fused-ring (bicyclic) bond motifs is 1. The third-order valence-corrected chi connectivity index (χ3v) is 9.66. The molecule has 5 aliphatic rings. The summed E-state index contributed by atoms with van der Waals surface area (Å²) in [4.78, 5) is 18.3. The molecule has 3 N–H and O–H groups in total. The zero-order valence-corrected chi connectivity index (χ0v) is 20.8. The van der Waals surface area contributed by atoms with Gasteiger partial charge in [0.1, 0.15) is 0 Å². The Kier molecular flexibility index (Phi) is 8.16. The summed E-state index contributed by atoms with van der Waals surface area (Å²) in [5, 5.41) is 31.4. The first-order chi connectivity index (χ1) is 16.5. The number of carbonyl (C=O) groups excluding carboxylic acids is 1. The Morgan fingerprint density at radius 3 is 2.44 bits per heavy atom. The van der Waals surface area contributed by atoms with E-state index in [9.17, 15) is 20.1 Å². The van der Waals surface area contributed by atoms with Crippen molar-refractivity contribution < 1.29 is 24.9 Å². The molecule has 7 heteroatoms. The van der Waals surface area contributed by atoms with Crippen LogP contribution >= 0.6 is 0 Å². The molecule has 0 radical (unpaired) electrons. The maximum Gasteiger partial charge on any atom is 0.230 e. The van der Waals surface area contributed by atoms with Crippen LogP contribution in [0.25, 0.3) is 0 Å². The van der Waals surface area contributed by atoms with E-state index in [1.165, 1.54) is 38.5 Å². The monoisotopic (exact) mass is 478 g/mol.